The second kappa shape index (κ2) is 7.27. The van der Waals surface area contributed by atoms with Crippen LogP contribution in [0.25, 0.3) is 0 Å². The number of halogens is 2. The van der Waals surface area contributed by atoms with Crippen molar-refractivity contribution in [2.75, 3.05) is 18.4 Å². The third kappa shape index (κ3) is 4.32. The molecular formula is C16H18Cl2N4. The van der Waals surface area contributed by atoms with Crippen molar-refractivity contribution in [3.63, 3.8) is 0 Å². The molecule has 0 atom stereocenters. The maximum atomic E-state index is 5.90. The molecule has 0 aliphatic carbocycles. The first kappa shape index (κ1) is 15.5. The van der Waals surface area contributed by atoms with Crippen molar-refractivity contribution < 1.29 is 0 Å². The van der Waals surface area contributed by atoms with Crippen LogP contribution in [0.4, 0.5) is 5.82 Å². The van der Waals surface area contributed by atoms with Gasteiger partial charge in [-0.2, -0.15) is 0 Å². The largest absolute Gasteiger partial charge is 0.367 e. The molecule has 1 aromatic carbocycles. The monoisotopic (exact) mass is 336 g/mol. The van der Waals surface area contributed by atoms with Crippen molar-refractivity contribution in [1.82, 2.24) is 14.9 Å². The number of rotatable bonds is 4. The van der Waals surface area contributed by atoms with Crippen LogP contribution in [0, 0.1) is 0 Å². The van der Waals surface area contributed by atoms with Gasteiger partial charge in [-0.05, 0) is 30.0 Å². The fraction of sp³-hybridized carbons (Fsp3) is 0.375. The quantitative estimate of drug-likeness (QED) is 0.679. The van der Waals surface area contributed by atoms with Crippen LogP contribution in [-0.4, -0.2) is 34.0 Å². The lowest BCUT2D eigenvalue weighted by Gasteiger charge is -2.32. The van der Waals surface area contributed by atoms with E-state index in [2.05, 4.69) is 50.5 Å². The van der Waals surface area contributed by atoms with Crippen LogP contribution in [0.15, 0.2) is 36.4 Å². The maximum absolute atomic E-state index is 5.90. The van der Waals surface area contributed by atoms with Crippen LogP contribution in [0.3, 0.4) is 0 Å². The van der Waals surface area contributed by atoms with E-state index in [1.165, 1.54) is 5.56 Å². The lowest BCUT2D eigenvalue weighted by molar-refractivity contribution is 0.211. The molecule has 0 unspecified atom stereocenters. The first-order chi connectivity index (χ1) is 10.7. The van der Waals surface area contributed by atoms with E-state index in [0.29, 0.717) is 17.0 Å². The molecule has 0 radical (unpaired) electrons. The molecule has 1 saturated heterocycles. The predicted molar refractivity (Wildman–Crippen MR) is 90.4 cm³/mol. The molecule has 1 fully saturated rings. The van der Waals surface area contributed by atoms with Crippen LogP contribution >= 0.6 is 23.2 Å². The Kier molecular flexibility index (Phi) is 5.13. The number of anilines is 1. The van der Waals surface area contributed by atoms with Gasteiger partial charge >= 0.3 is 0 Å². The average molecular weight is 337 g/mol. The summed E-state index contributed by atoms with van der Waals surface area (Å²) in [4.78, 5) is 10.5. The standard InChI is InChI=1S/C16H18Cl2N4/c17-14-10-15(21-16(18)20-14)19-13-6-8-22(9-7-13)11-12-4-2-1-3-5-12/h1-5,10,13H,6-9,11H2,(H,19,20,21). The SMILES string of the molecule is Clc1cc(NC2CCN(Cc3ccccc3)CC2)nc(Cl)n1. The van der Waals surface area contributed by atoms with E-state index in [-0.39, 0.29) is 5.28 Å². The van der Waals surface area contributed by atoms with Crippen LogP contribution in [0.2, 0.25) is 10.4 Å². The van der Waals surface area contributed by atoms with Gasteiger partial charge in [-0.3, -0.25) is 4.90 Å². The van der Waals surface area contributed by atoms with Gasteiger partial charge in [0.2, 0.25) is 5.28 Å². The van der Waals surface area contributed by atoms with Crippen LogP contribution < -0.4 is 5.32 Å². The molecule has 4 nitrogen and oxygen atoms in total. The molecule has 2 aromatic rings. The molecule has 3 rings (SSSR count). The first-order valence-corrected chi connectivity index (χ1v) is 8.17. The van der Waals surface area contributed by atoms with E-state index >= 15 is 0 Å². The molecule has 0 bridgehead atoms. The number of hydrogen-bond donors (Lipinski definition) is 1. The van der Waals surface area contributed by atoms with Crippen molar-refractivity contribution >= 4 is 29.0 Å². The Bertz CT molecular complexity index is 593. The summed E-state index contributed by atoms with van der Waals surface area (Å²) in [7, 11) is 0. The number of likely N-dealkylation sites (tertiary alicyclic amines) is 1. The Morgan fingerprint density at radius 1 is 1.09 bits per heavy atom. The Morgan fingerprint density at radius 3 is 2.50 bits per heavy atom. The molecule has 22 heavy (non-hydrogen) atoms. The fourth-order valence-corrected chi connectivity index (χ4v) is 3.16. The van der Waals surface area contributed by atoms with Crippen LogP contribution in [0.1, 0.15) is 18.4 Å². The zero-order valence-corrected chi connectivity index (χ0v) is 13.7. The number of nitrogens with one attached hydrogen (secondary N) is 1. The van der Waals surface area contributed by atoms with E-state index in [0.717, 1.165) is 32.5 Å². The van der Waals surface area contributed by atoms with E-state index in [4.69, 9.17) is 23.2 Å². The highest BCUT2D eigenvalue weighted by molar-refractivity contribution is 6.32. The molecule has 2 heterocycles. The summed E-state index contributed by atoms with van der Waals surface area (Å²) in [6.07, 6.45) is 2.15. The minimum Gasteiger partial charge on any atom is -0.367 e. The molecule has 116 valence electrons. The van der Waals surface area contributed by atoms with Gasteiger partial charge in [-0.1, -0.05) is 41.9 Å². The lowest BCUT2D eigenvalue weighted by atomic mass is 10.0. The van der Waals surface area contributed by atoms with Crippen molar-refractivity contribution in [1.29, 1.82) is 0 Å². The summed E-state index contributed by atoms with van der Waals surface area (Å²) >= 11 is 11.7. The highest BCUT2D eigenvalue weighted by atomic mass is 35.5. The van der Waals surface area contributed by atoms with Gasteiger partial charge in [0.1, 0.15) is 11.0 Å². The summed E-state index contributed by atoms with van der Waals surface area (Å²) in [6.45, 7) is 3.15. The van der Waals surface area contributed by atoms with Gasteiger partial charge in [0, 0.05) is 31.7 Å². The molecule has 6 heteroatoms. The molecule has 1 aromatic heterocycles. The molecule has 1 aliphatic heterocycles. The normalized spacial score (nSPS) is 16.6. The Balaban J connectivity index is 1.51. The predicted octanol–water partition coefficient (Wildman–Crippen LogP) is 3.86. The minimum absolute atomic E-state index is 0.177. The fourth-order valence-electron chi connectivity index (χ4n) is 2.75. The Labute approximate surface area is 140 Å². The smallest absolute Gasteiger partial charge is 0.225 e. The number of benzene rings is 1. The number of aromatic nitrogens is 2. The van der Waals surface area contributed by atoms with Crippen LogP contribution in [0.5, 0.6) is 0 Å². The number of piperidine rings is 1. The summed E-state index contributed by atoms with van der Waals surface area (Å²) in [6, 6.07) is 12.7. The van der Waals surface area contributed by atoms with Gasteiger partial charge in [0.15, 0.2) is 0 Å². The molecule has 0 spiro atoms. The Hall–Kier alpha value is -1.36. The van der Waals surface area contributed by atoms with Gasteiger partial charge in [-0.25, -0.2) is 9.97 Å². The average Bonchev–Trinajstić information content (AvgIpc) is 2.49. The van der Waals surface area contributed by atoms with Gasteiger partial charge in [0.05, 0.1) is 0 Å². The second-order valence-corrected chi connectivity index (χ2v) is 6.25. The van der Waals surface area contributed by atoms with E-state index < -0.39 is 0 Å². The van der Waals surface area contributed by atoms with E-state index in [1.54, 1.807) is 6.07 Å². The van der Waals surface area contributed by atoms with E-state index in [9.17, 15) is 0 Å². The summed E-state index contributed by atoms with van der Waals surface area (Å²) in [5.41, 5.74) is 1.36. The molecule has 1 N–H and O–H groups in total. The molecule has 0 saturated carbocycles. The van der Waals surface area contributed by atoms with Gasteiger partial charge in [0.25, 0.3) is 0 Å². The number of hydrogen-bond acceptors (Lipinski definition) is 4. The molecule has 1 aliphatic rings. The van der Waals surface area contributed by atoms with E-state index in [1.807, 2.05) is 0 Å². The molecular weight excluding hydrogens is 319 g/mol. The Morgan fingerprint density at radius 2 is 1.82 bits per heavy atom. The second-order valence-electron chi connectivity index (χ2n) is 5.53. The molecule has 0 amide bonds. The van der Waals surface area contributed by atoms with Gasteiger partial charge < -0.3 is 5.32 Å². The van der Waals surface area contributed by atoms with Crippen molar-refractivity contribution in [2.45, 2.75) is 25.4 Å². The van der Waals surface area contributed by atoms with Crippen LogP contribution in [-0.2, 0) is 6.54 Å². The zero-order valence-electron chi connectivity index (χ0n) is 12.2. The zero-order chi connectivity index (χ0) is 15.4. The highest BCUT2D eigenvalue weighted by Crippen LogP contribution is 2.20. The summed E-state index contributed by atoms with van der Waals surface area (Å²) in [5, 5.41) is 3.94. The van der Waals surface area contributed by atoms with Gasteiger partial charge in [-0.15, -0.1) is 0 Å². The van der Waals surface area contributed by atoms with Crippen molar-refractivity contribution in [3.05, 3.63) is 52.4 Å². The first-order valence-electron chi connectivity index (χ1n) is 7.42. The maximum Gasteiger partial charge on any atom is 0.225 e. The third-order valence-electron chi connectivity index (χ3n) is 3.86. The van der Waals surface area contributed by atoms with Crippen molar-refractivity contribution in [3.8, 4) is 0 Å². The summed E-state index contributed by atoms with van der Waals surface area (Å²) in [5.74, 6) is 0.700. The van der Waals surface area contributed by atoms with Crippen molar-refractivity contribution in [2.24, 2.45) is 0 Å². The highest BCUT2D eigenvalue weighted by Gasteiger charge is 2.19. The number of nitrogens with zero attached hydrogens (tertiary/aromatic N) is 3. The lowest BCUT2D eigenvalue weighted by Crippen LogP contribution is -2.38. The minimum atomic E-state index is 0.177. The topological polar surface area (TPSA) is 41.0 Å². The third-order valence-corrected chi connectivity index (χ3v) is 4.22. The summed E-state index contributed by atoms with van der Waals surface area (Å²) < 4.78 is 0.